The highest BCUT2D eigenvalue weighted by atomic mass is 35.5. The minimum absolute atomic E-state index is 0.137. The van der Waals surface area contributed by atoms with E-state index in [0.29, 0.717) is 12.0 Å². The van der Waals surface area contributed by atoms with Crippen molar-refractivity contribution in [3.8, 4) is 0 Å². The molecule has 1 atom stereocenters. The zero-order valence-electron chi connectivity index (χ0n) is 10.7. The molecule has 1 heterocycles. The predicted octanol–water partition coefficient (Wildman–Crippen LogP) is 4.80. The topological polar surface area (TPSA) is 43.1 Å². The van der Waals surface area contributed by atoms with Gasteiger partial charge in [-0.05, 0) is 25.5 Å². The number of nitro groups is 1. The van der Waals surface area contributed by atoms with Crippen LogP contribution in [0.2, 0.25) is 0 Å². The lowest BCUT2D eigenvalue weighted by molar-refractivity contribution is -0.385. The Morgan fingerprint density at radius 2 is 2.05 bits per heavy atom. The van der Waals surface area contributed by atoms with E-state index < -0.39 is 0 Å². The first-order chi connectivity index (χ1) is 8.99. The Balaban J connectivity index is 2.24. The predicted molar refractivity (Wildman–Crippen MR) is 79.2 cm³/mol. The molecule has 1 aromatic heterocycles. The molecule has 2 aromatic rings. The van der Waals surface area contributed by atoms with Crippen molar-refractivity contribution in [2.75, 3.05) is 0 Å². The van der Waals surface area contributed by atoms with E-state index in [1.54, 1.807) is 29.5 Å². The van der Waals surface area contributed by atoms with Crippen LogP contribution in [0.1, 0.15) is 26.3 Å². The lowest BCUT2D eigenvalue weighted by atomic mass is 10.1. The molecule has 0 amide bonds. The van der Waals surface area contributed by atoms with Gasteiger partial charge in [-0.25, -0.2) is 0 Å². The number of aryl methyl sites for hydroxylation is 2. The number of thiophene rings is 1. The summed E-state index contributed by atoms with van der Waals surface area (Å²) in [7, 11) is 0. The van der Waals surface area contributed by atoms with E-state index in [4.69, 9.17) is 11.6 Å². The molecule has 1 aromatic carbocycles. The number of alkyl halides is 1. The third-order valence-corrected chi connectivity index (χ3v) is 4.87. The van der Waals surface area contributed by atoms with Crippen LogP contribution in [0.5, 0.6) is 0 Å². The monoisotopic (exact) mass is 295 g/mol. The standard InChI is InChI=1S/C14H14ClNO2S/c1-9-7-14(19-10(9)2)12(15)8-11-5-3-4-6-13(11)16(17)18/h3-7,12H,8H2,1-2H3. The van der Waals surface area contributed by atoms with Gasteiger partial charge in [0.2, 0.25) is 0 Å². The van der Waals surface area contributed by atoms with E-state index in [9.17, 15) is 10.1 Å². The van der Waals surface area contributed by atoms with Crippen molar-refractivity contribution < 1.29 is 4.92 Å². The van der Waals surface area contributed by atoms with Crippen molar-refractivity contribution in [3.05, 3.63) is 61.3 Å². The average molecular weight is 296 g/mol. The van der Waals surface area contributed by atoms with Crippen molar-refractivity contribution in [3.63, 3.8) is 0 Å². The van der Waals surface area contributed by atoms with Gasteiger partial charge in [-0.1, -0.05) is 18.2 Å². The maximum atomic E-state index is 11.0. The van der Waals surface area contributed by atoms with Crippen molar-refractivity contribution >= 4 is 28.6 Å². The minimum atomic E-state index is -0.357. The zero-order valence-corrected chi connectivity index (χ0v) is 12.3. The van der Waals surface area contributed by atoms with Crippen molar-refractivity contribution in [1.82, 2.24) is 0 Å². The van der Waals surface area contributed by atoms with Crippen molar-refractivity contribution in [2.45, 2.75) is 25.6 Å². The molecule has 1 unspecified atom stereocenters. The molecule has 0 spiro atoms. The SMILES string of the molecule is Cc1cc(C(Cl)Cc2ccccc2[N+](=O)[O-])sc1C. The highest BCUT2D eigenvalue weighted by Crippen LogP contribution is 2.34. The fourth-order valence-corrected chi connectivity index (χ4v) is 3.29. The Bertz CT molecular complexity index is 590. The van der Waals surface area contributed by atoms with Crippen LogP contribution in [0, 0.1) is 24.0 Å². The maximum Gasteiger partial charge on any atom is 0.272 e. The molecule has 0 N–H and O–H groups in total. The second kappa shape index (κ2) is 5.72. The molecular formula is C14H14ClNO2S. The summed E-state index contributed by atoms with van der Waals surface area (Å²) in [6.45, 7) is 4.10. The molecule has 3 nitrogen and oxygen atoms in total. The summed E-state index contributed by atoms with van der Waals surface area (Å²) in [5, 5.41) is 10.7. The van der Waals surface area contributed by atoms with Crippen LogP contribution < -0.4 is 0 Å². The molecule has 0 aliphatic carbocycles. The average Bonchev–Trinajstić information content (AvgIpc) is 2.70. The molecule has 0 radical (unpaired) electrons. The molecule has 0 fully saturated rings. The first-order valence-corrected chi connectivity index (χ1v) is 7.17. The van der Waals surface area contributed by atoms with E-state index in [1.807, 2.05) is 6.92 Å². The van der Waals surface area contributed by atoms with Crippen LogP contribution in [-0.4, -0.2) is 4.92 Å². The molecule has 0 saturated heterocycles. The van der Waals surface area contributed by atoms with Gasteiger partial charge in [0.05, 0.1) is 10.3 Å². The number of hydrogen-bond acceptors (Lipinski definition) is 3. The number of benzene rings is 1. The van der Waals surface area contributed by atoms with Crippen LogP contribution in [0.15, 0.2) is 30.3 Å². The van der Waals surface area contributed by atoms with Gasteiger partial charge in [0.25, 0.3) is 5.69 Å². The Labute approximate surface area is 121 Å². The molecule has 0 aliphatic rings. The highest BCUT2D eigenvalue weighted by Gasteiger charge is 2.18. The lowest BCUT2D eigenvalue weighted by Gasteiger charge is -2.07. The highest BCUT2D eigenvalue weighted by molar-refractivity contribution is 7.12. The third-order valence-electron chi connectivity index (χ3n) is 3.08. The zero-order chi connectivity index (χ0) is 14.0. The molecule has 5 heteroatoms. The third kappa shape index (κ3) is 3.14. The van der Waals surface area contributed by atoms with Gasteiger partial charge in [0.15, 0.2) is 0 Å². The first-order valence-electron chi connectivity index (χ1n) is 5.92. The molecule has 19 heavy (non-hydrogen) atoms. The van der Waals surface area contributed by atoms with E-state index in [0.717, 1.165) is 4.88 Å². The van der Waals surface area contributed by atoms with E-state index in [1.165, 1.54) is 16.5 Å². The number of para-hydroxylation sites is 1. The summed E-state index contributed by atoms with van der Waals surface area (Å²) in [5.41, 5.74) is 2.03. The molecule has 100 valence electrons. The molecule has 0 bridgehead atoms. The quantitative estimate of drug-likeness (QED) is 0.462. The fraction of sp³-hybridized carbons (Fsp3) is 0.286. The number of rotatable bonds is 4. The smallest absolute Gasteiger partial charge is 0.258 e. The summed E-state index contributed by atoms with van der Waals surface area (Å²) in [5.74, 6) is 0. The summed E-state index contributed by atoms with van der Waals surface area (Å²) in [6, 6.07) is 8.82. The molecule has 0 aliphatic heterocycles. The summed E-state index contributed by atoms with van der Waals surface area (Å²) >= 11 is 8.04. The normalized spacial score (nSPS) is 12.4. The number of nitro benzene ring substituents is 1. The van der Waals surface area contributed by atoms with Crippen LogP contribution >= 0.6 is 22.9 Å². The van der Waals surface area contributed by atoms with Gasteiger partial charge >= 0.3 is 0 Å². The van der Waals surface area contributed by atoms with Crippen molar-refractivity contribution in [1.29, 1.82) is 0 Å². The summed E-state index contributed by atoms with van der Waals surface area (Å²) in [4.78, 5) is 12.9. The van der Waals surface area contributed by atoms with E-state index in [-0.39, 0.29) is 16.0 Å². The second-order valence-electron chi connectivity index (χ2n) is 4.45. The summed E-state index contributed by atoms with van der Waals surface area (Å²) < 4.78 is 0. The van der Waals surface area contributed by atoms with Gasteiger partial charge < -0.3 is 0 Å². The largest absolute Gasteiger partial charge is 0.272 e. The van der Waals surface area contributed by atoms with E-state index in [2.05, 4.69) is 13.0 Å². The Morgan fingerprint density at radius 3 is 2.63 bits per heavy atom. The van der Waals surface area contributed by atoms with Crippen LogP contribution in [0.3, 0.4) is 0 Å². The maximum absolute atomic E-state index is 11.0. The van der Waals surface area contributed by atoms with Gasteiger partial charge in [0, 0.05) is 27.8 Å². The van der Waals surface area contributed by atoms with Crippen LogP contribution in [0.4, 0.5) is 5.69 Å². The van der Waals surface area contributed by atoms with Gasteiger partial charge in [-0.3, -0.25) is 10.1 Å². The number of halogens is 1. The van der Waals surface area contributed by atoms with Gasteiger partial charge in [-0.15, -0.1) is 22.9 Å². The molecular weight excluding hydrogens is 282 g/mol. The lowest BCUT2D eigenvalue weighted by Crippen LogP contribution is -1.99. The van der Waals surface area contributed by atoms with Crippen LogP contribution in [0.25, 0.3) is 0 Å². The van der Waals surface area contributed by atoms with Gasteiger partial charge in [-0.2, -0.15) is 0 Å². The molecule has 2 rings (SSSR count). The number of hydrogen-bond donors (Lipinski definition) is 0. The van der Waals surface area contributed by atoms with E-state index >= 15 is 0 Å². The molecule has 0 saturated carbocycles. The fourth-order valence-electron chi connectivity index (χ4n) is 1.91. The summed E-state index contributed by atoms with van der Waals surface area (Å²) in [6.07, 6.45) is 0.470. The second-order valence-corrected chi connectivity index (χ2v) is 6.26. The van der Waals surface area contributed by atoms with Gasteiger partial charge in [0.1, 0.15) is 0 Å². The number of nitrogens with zero attached hydrogens (tertiary/aromatic N) is 1. The Morgan fingerprint density at radius 1 is 1.37 bits per heavy atom. The first kappa shape index (κ1) is 14.0. The van der Waals surface area contributed by atoms with Crippen molar-refractivity contribution in [2.24, 2.45) is 0 Å². The Kier molecular flexibility index (Phi) is 4.22. The van der Waals surface area contributed by atoms with Crippen LogP contribution in [-0.2, 0) is 6.42 Å². The Hall–Kier alpha value is -1.39. The minimum Gasteiger partial charge on any atom is -0.258 e.